The Hall–Kier alpha value is -2.76. The van der Waals surface area contributed by atoms with Gasteiger partial charge in [0.25, 0.3) is 0 Å². The first-order valence-corrected chi connectivity index (χ1v) is 25.5. The van der Waals surface area contributed by atoms with Crippen LogP contribution in [0.15, 0.2) is 133 Å². The first-order valence-electron chi connectivity index (χ1n) is 13.7. The van der Waals surface area contributed by atoms with Crippen LogP contribution in [-0.2, 0) is 20.9 Å². The quantitative estimate of drug-likeness (QED) is 0.240. The van der Waals surface area contributed by atoms with Crippen molar-refractivity contribution in [2.45, 2.75) is 23.4 Å². The molecule has 0 aliphatic heterocycles. The first-order chi connectivity index (χ1) is 19.1. The van der Waals surface area contributed by atoms with Gasteiger partial charge < -0.3 is 24.8 Å². The predicted octanol–water partition coefficient (Wildman–Crippen LogP) is 0.389. The standard InChI is InChI=1S/C13H9.C12H11Si.C10H13NO.2ClH.Hf/c1-3-7-12-10(5-1)9-11-6-2-4-8-13(11)12;1-3-7-11(8-4-1)13-12-9-5-2-6-10-12;1-7(2)8-5-3-4-6-9(8)10(11)12;;;/h1-9H;1-10,13H;3-7H,1-2H3,(H2,11,12);2*1H;/q;;;;;+3/p-3. The number of nitrogens with one attached hydrogen (secondary N) is 1. The molecule has 0 unspecified atom stereocenters. The minimum atomic E-state index is -3.13. The molecule has 41 heavy (non-hydrogen) atoms. The van der Waals surface area contributed by atoms with E-state index >= 15 is 0 Å². The normalized spacial score (nSPS) is 11.7. The van der Waals surface area contributed by atoms with Gasteiger partial charge in [-0.25, -0.2) is 0 Å². The molecule has 6 heteroatoms. The van der Waals surface area contributed by atoms with E-state index in [9.17, 15) is 4.79 Å². The first kappa shape index (κ1) is 31.2. The van der Waals surface area contributed by atoms with Crippen LogP contribution in [0.25, 0.3) is 11.1 Å². The Morgan fingerprint density at radius 1 is 0.634 bits per heavy atom. The molecule has 1 N–H and O–H groups in total. The molecule has 0 saturated heterocycles. The van der Waals surface area contributed by atoms with E-state index in [1.54, 1.807) is 0 Å². The van der Waals surface area contributed by atoms with Crippen molar-refractivity contribution in [2.75, 3.05) is 0 Å². The van der Waals surface area contributed by atoms with E-state index < -0.39 is 26.9 Å². The molecule has 0 aromatic heterocycles. The summed E-state index contributed by atoms with van der Waals surface area (Å²) in [5, 5.41) is 2.84. The van der Waals surface area contributed by atoms with Crippen LogP contribution in [0.1, 0.15) is 50.5 Å². The molecule has 0 heterocycles. The number of hydrogen-bond donors (Lipinski definition) is 1. The number of halogens is 2. The molecule has 0 bridgehead atoms. The fourth-order valence-corrected chi connectivity index (χ4v) is 36.1. The number of carbonyl (C=O) groups is 1. The molecule has 0 fully saturated rings. The Bertz CT molecular complexity index is 1530. The summed E-state index contributed by atoms with van der Waals surface area (Å²) in [7, 11) is 0. The van der Waals surface area contributed by atoms with Gasteiger partial charge in [0, 0.05) is 0 Å². The molecule has 0 spiro atoms. The van der Waals surface area contributed by atoms with Crippen molar-refractivity contribution in [1.82, 2.24) is 3.30 Å². The zero-order chi connectivity index (χ0) is 26.8. The van der Waals surface area contributed by atoms with E-state index in [4.69, 9.17) is 0 Å². The summed E-state index contributed by atoms with van der Waals surface area (Å²) in [6.45, 7) is 4.34. The Morgan fingerprint density at radius 3 is 1.59 bits per heavy atom. The third kappa shape index (κ3) is 6.22. The molecule has 0 saturated carbocycles. The Labute approximate surface area is 264 Å². The van der Waals surface area contributed by atoms with E-state index in [2.05, 4.69) is 132 Å². The maximum absolute atomic E-state index is 14.3. The van der Waals surface area contributed by atoms with Crippen LogP contribution in [-0.4, -0.2) is 11.9 Å². The maximum Gasteiger partial charge on any atom is -1.00 e. The summed E-state index contributed by atoms with van der Waals surface area (Å²) in [4.78, 5) is 14.3. The van der Waals surface area contributed by atoms with Crippen molar-refractivity contribution in [3.63, 3.8) is 0 Å². The Kier molecular flexibility index (Phi) is 10.6. The topological polar surface area (TPSA) is 29.1 Å². The zero-order valence-corrected chi connectivity index (χ0v) is 29.4. The second kappa shape index (κ2) is 13.9. The number of carbonyl (C=O) groups excluding carboxylic acids is 1. The van der Waals surface area contributed by atoms with Gasteiger partial charge in [0.1, 0.15) is 0 Å². The third-order valence-corrected chi connectivity index (χ3v) is 34.7. The number of hydrogen-bond acceptors (Lipinski definition) is 1. The minimum Gasteiger partial charge on any atom is -1.00 e. The molecule has 6 rings (SSSR count). The molecule has 205 valence electrons. The molecule has 1 aliphatic rings. The summed E-state index contributed by atoms with van der Waals surface area (Å²) in [5.74, 6) is -1.39. The maximum atomic E-state index is 14.3. The van der Waals surface area contributed by atoms with Crippen LogP contribution in [0.4, 0.5) is 0 Å². The summed E-state index contributed by atoms with van der Waals surface area (Å²) in [6, 6.07) is 47.9. The number of rotatable bonds is 7. The summed E-state index contributed by atoms with van der Waals surface area (Å²) in [6.07, 6.45) is 0. The predicted molar refractivity (Wildman–Crippen MR) is 161 cm³/mol. The molecule has 1 aliphatic carbocycles. The average Bonchev–Trinajstić information content (AvgIpc) is 3.32. The second-order valence-electron chi connectivity index (χ2n) is 10.5. The summed E-state index contributed by atoms with van der Waals surface area (Å²) < 4.78 is 4.16. The SMILES string of the molecule is CC(C)c1ccccc1C(=O)[NH][Hf+2]([CH]1c2ccccc2-c2ccccc21)[SiH](c1ccccc1)c1ccccc1.[Cl-].[Cl-]. The molecular formula is C35H32Cl2HfNOSi. The Balaban J connectivity index is 0.00000194. The number of fused-ring (bicyclic) bond motifs is 3. The van der Waals surface area contributed by atoms with Crippen LogP contribution < -0.4 is 38.5 Å². The van der Waals surface area contributed by atoms with Gasteiger partial charge >= 0.3 is 242 Å². The van der Waals surface area contributed by atoms with Gasteiger partial charge in [-0.2, -0.15) is 0 Å². The van der Waals surface area contributed by atoms with Gasteiger partial charge in [0.05, 0.1) is 0 Å². The molecular weight excluding hydrogens is 728 g/mol. The van der Waals surface area contributed by atoms with Crippen molar-refractivity contribution < 1.29 is 50.5 Å². The van der Waals surface area contributed by atoms with E-state index in [-0.39, 0.29) is 40.3 Å². The van der Waals surface area contributed by atoms with Gasteiger partial charge in [-0.1, -0.05) is 0 Å². The van der Waals surface area contributed by atoms with Gasteiger partial charge in [-0.05, 0) is 0 Å². The molecule has 5 aromatic carbocycles. The van der Waals surface area contributed by atoms with Crippen LogP contribution >= 0.6 is 0 Å². The molecule has 2 nitrogen and oxygen atoms in total. The van der Waals surface area contributed by atoms with E-state index in [1.807, 2.05) is 18.2 Å². The minimum absolute atomic E-state index is 0. The van der Waals surface area contributed by atoms with E-state index in [0.717, 1.165) is 11.1 Å². The summed E-state index contributed by atoms with van der Waals surface area (Å²) in [5.41, 5.74) is 7.37. The van der Waals surface area contributed by atoms with E-state index in [1.165, 1.54) is 32.6 Å². The van der Waals surface area contributed by atoms with Crippen molar-refractivity contribution in [2.24, 2.45) is 0 Å². The second-order valence-corrected chi connectivity index (χ2v) is 30.3. The number of benzene rings is 5. The van der Waals surface area contributed by atoms with Crippen LogP contribution in [0.3, 0.4) is 0 Å². The molecule has 1 amide bonds. The fraction of sp³-hybridized carbons (Fsp3) is 0.114. The largest absolute Gasteiger partial charge is 1.00 e. The monoisotopic (exact) mass is 760 g/mol. The summed E-state index contributed by atoms with van der Waals surface area (Å²) >= 11 is -3.13. The molecule has 0 atom stereocenters. The van der Waals surface area contributed by atoms with Crippen molar-refractivity contribution in [1.29, 1.82) is 0 Å². The zero-order valence-electron chi connectivity index (χ0n) is 23.1. The van der Waals surface area contributed by atoms with E-state index in [0.29, 0.717) is 0 Å². The smallest absolute Gasteiger partial charge is 1.00 e. The third-order valence-electron chi connectivity index (χ3n) is 7.81. The van der Waals surface area contributed by atoms with Gasteiger partial charge in [0.15, 0.2) is 0 Å². The molecule has 0 radical (unpaired) electrons. The van der Waals surface area contributed by atoms with Crippen molar-refractivity contribution in [3.8, 4) is 11.1 Å². The van der Waals surface area contributed by atoms with Gasteiger partial charge in [-0.15, -0.1) is 0 Å². The van der Waals surface area contributed by atoms with Gasteiger partial charge in [-0.3, -0.25) is 0 Å². The Morgan fingerprint density at radius 2 is 1.07 bits per heavy atom. The average molecular weight is 760 g/mol. The van der Waals surface area contributed by atoms with Crippen molar-refractivity contribution >= 4 is 22.3 Å². The van der Waals surface area contributed by atoms with Crippen LogP contribution in [0.5, 0.6) is 0 Å². The van der Waals surface area contributed by atoms with Gasteiger partial charge in [0.2, 0.25) is 0 Å². The number of amides is 1. The fourth-order valence-electron chi connectivity index (χ4n) is 6.05. The van der Waals surface area contributed by atoms with Crippen LogP contribution in [0.2, 0.25) is 0 Å². The van der Waals surface area contributed by atoms with Crippen LogP contribution in [0, 0.1) is 0 Å². The van der Waals surface area contributed by atoms with Crippen molar-refractivity contribution in [3.05, 3.63) is 156 Å². The molecule has 5 aromatic rings.